The third-order valence-electron chi connectivity index (χ3n) is 6.08. The summed E-state index contributed by atoms with van der Waals surface area (Å²) in [6, 6.07) is 9.91. The van der Waals surface area contributed by atoms with E-state index in [9.17, 15) is 4.79 Å². The van der Waals surface area contributed by atoms with Gasteiger partial charge in [-0.15, -0.1) is 0 Å². The van der Waals surface area contributed by atoms with E-state index < -0.39 is 0 Å². The van der Waals surface area contributed by atoms with Crippen LogP contribution < -0.4 is 10.1 Å². The lowest BCUT2D eigenvalue weighted by Gasteiger charge is -2.48. The summed E-state index contributed by atoms with van der Waals surface area (Å²) in [5, 5.41) is 3.34. The smallest absolute Gasteiger partial charge is 0.276 e. The number of thiocarbonyl (C=S) groups is 1. The lowest BCUT2D eigenvalue weighted by Crippen LogP contribution is -2.51. The van der Waals surface area contributed by atoms with Crippen molar-refractivity contribution in [2.75, 3.05) is 13.1 Å². The van der Waals surface area contributed by atoms with Gasteiger partial charge in [-0.2, -0.15) is 0 Å². The number of hydrogen-bond acceptors (Lipinski definition) is 3. The van der Waals surface area contributed by atoms with Gasteiger partial charge in [0.25, 0.3) is 10.4 Å². The average Bonchev–Trinajstić information content (AvgIpc) is 2.65. The number of amides is 1. The van der Waals surface area contributed by atoms with E-state index in [-0.39, 0.29) is 22.1 Å². The molecule has 1 amide bonds. The zero-order chi connectivity index (χ0) is 22.9. The molecule has 1 aliphatic rings. The summed E-state index contributed by atoms with van der Waals surface area (Å²) in [6.45, 7) is 10.9. The van der Waals surface area contributed by atoms with Crippen LogP contribution in [0.2, 0.25) is 0 Å². The van der Waals surface area contributed by atoms with Crippen LogP contribution in [0.25, 0.3) is 0 Å². The van der Waals surface area contributed by atoms with E-state index in [1.54, 1.807) is 0 Å². The van der Waals surface area contributed by atoms with E-state index >= 15 is 0 Å². The first-order chi connectivity index (χ1) is 14.6. The Hall–Kier alpha value is -1.27. The van der Waals surface area contributed by atoms with Gasteiger partial charge in [0.15, 0.2) is 0 Å². The summed E-state index contributed by atoms with van der Waals surface area (Å²) in [7, 11) is 0. The molecule has 1 fully saturated rings. The zero-order valence-electron chi connectivity index (χ0n) is 19.7. The Morgan fingerprint density at radius 1 is 1.16 bits per heavy atom. The first kappa shape index (κ1) is 26.0. The van der Waals surface area contributed by atoms with E-state index in [0.29, 0.717) is 5.17 Å². The van der Waals surface area contributed by atoms with E-state index in [4.69, 9.17) is 17.0 Å². The molecule has 4 nitrogen and oxygen atoms in total. The van der Waals surface area contributed by atoms with Gasteiger partial charge in [0.2, 0.25) is 0 Å². The number of para-hydroxylation sites is 1. The van der Waals surface area contributed by atoms with Crippen LogP contribution in [-0.2, 0) is 0 Å². The van der Waals surface area contributed by atoms with Crippen molar-refractivity contribution >= 4 is 35.3 Å². The van der Waals surface area contributed by atoms with E-state index in [2.05, 4.69) is 50.5 Å². The fourth-order valence-electron chi connectivity index (χ4n) is 5.29. The van der Waals surface area contributed by atoms with Crippen molar-refractivity contribution in [3.8, 4) is 5.75 Å². The molecular weight excluding hydrogens is 424 g/mol. The number of carbonyl (C=O) groups is 1. The van der Waals surface area contributed by atoms with E-state index in [1.165, 1.54) is 25.7 Å². The summed E-state index contributed by atoms with van der Waals surface area (Å²) < 4.78 is 6.06. The lowest BCUT2D eigenvalue weighted by molar-refractivity contribution is 0.0540. The monoisotopic (exact) mass is 464 g/mol. The molecule has 1 aromatic rings. The van der Waals surface area contributed by atoms with Gasteiger partial charge in [0.05, 0.1) is 0 Å². The maximum absolute atomic E-state index is 11.6. The van der Waals surface area contributed by atoms with Gasteiger partial charge < -0.3 is 15.0 Å². The molecular formula is C25H40N2O2S2. The van der Waals surface area contributed by atoms with Crippen molar-refractivity contribution in [2.24, 2.45) is 10.8 Å². The number of rotatable bonds is 10. The molecule has 0 saturated heterocycles. The molecule has 0 radical (unpaired) electrons. The van der Waals surface area contributed by atoms with Crippen molar-refractivity contribution in [1.29, 1.82) is 0 Å². The second kappa shape index (κ2) is 12.1. The van der Waals surface area contributed by atoms with Crippen molar-refractivity contribution in [2.45, 2.75) is 85.1 Å². The van der Waals surface area contributed by atoms with E-state index in [0.717, 1.165) is 44.5 Å². The van der Waals surface area contributed by atoms with Crippen LogP contribution in [0.15, 0.2) is 30.3 Å². The maximum Gasteiger partial charge on any atom is 0.276 e. The minimum Gasteiger partial charge on any atom is -0.432 e. The van der Waals surface area contributed by atoms with E-state index in [1.807, 2.05) is 30.3 Å². The average molecular weight is 465 g/mol. The second-order valence-corrected chi connectivity index (χ2v) is 11.0. The van der Waals surface area contributed by atoms with Gasteiger partial charge in [-0.1, -0.05) is 84.2 Å². The van der Waals surface area contributed by atoms with Gasteiger partial charge in [0.1, 0.15) is 5.75 Å². The van der Waals surface area contributed by atoms with Crippen LogP contribution in [0, 0.1) is 10.8 Å². The highest BCUT2D eigenvalue weighted by atomic mass is 32.1. The fourth-order valence-corrected chi connectivity index (χ4v) is 5.72. The Morgan fingerprint density at radius 3 is 2.48 bits per heavy atom. The molecule has 0 aliphatic heterocycles. The minimum absolute atomic E-state index is 0.0240. The fraction of sp³-hybridized carbons (Fsp3) is 0.680. The van der Waals surface area contributed by atoms with Gasteiger partial charge in [0, 0.05) is 19.1 Å². The molecule has 0 heterocycles. The number of unbranched alkanes of at least 4 members (excludes halogenated alkanes) is 4. The number of thiol groups is 1. The number of nitrogens with one attached hydrogen (secondary N) is 1. The van der Waals surface area contributed by atoms with Gasteiger partial charge in [-0.3, -0.25) is 4.79 Å². The number of benzene rings is 1. The van der Waals surface area contributed by atoms with Crippen LogP contribution in [0.4, 0.5) is 4.79 Å². The van der Waals surface area contributed by atoms with Crippen LogP contribution in [0.3, 0.4) is 0 Å². The van der Waals surface area contributed by atoms with Crippen LogP contribution in [0.5, 0.6) is 5.75 Å². The Balaban J connectivity index is 2.11. The highest BCUT2D eigenvalue weighted by molar-refractivity contribution is 7.96. The number of carbonyl (C=O) groups excluding carboxylic acids is 1. The molecule has 0 bridgehead atoms. The summed E-state index contributed by atoms with van der Waals surface area (Å²) >= 11 is 9.71. The molecule has 2 atom stereocenters. The molecule has 1 N–H and O–H groups in total. The molecule has 6 heteroatoms. The summed E-state index contributed by atoms with van der Waals surface area (Å²) in [4.78, 5) is 13.8. The molecule has 174 valence electrons. The number of nitrogens with zero attached hydrogens (tertiary/aromatic N) is 1. The molecule has 0 aromatic heterocycles. The van der Waals surface area contributed by atoms with Crippen molar-refractivity contribution in [1.82, 2.24) is 10.2 Å². The molecule has 31 heavy (non-hydrogen) atoms. The third-order valence-corrected chi connectivity index (χ3v) is 6.55. The van der Waals surface area contributed by atoms with Crippen molar-refractivity contribution in [3.63, 3.8) is 0 Å². The van der Waals surface area contributed by atoms with Crippen LogP contribution in [0.1, 0.15) is 79.1 Å². The highest BCUT2D eigenvalue weighted by Gasteiger charge is 2.42. The highest BCUT2D eigenvalue weighted by Crippen LogP contribution is 2.46. The molecule has 1 saturated carbocycles. The summed E-state index contributed by atoms with van der Waals surface area (Å²) in [5.41, 5.74) is 0.165. The molecule has 1 aromatic carbocycles. The van der Waals surface area contributed by atoms with Gasteiger partial charge in [-0.25, -0.2) is 0 Å². The predicted molar refractivity (Wildman–Crippen MR) is 137 cm³/mol. The molecule has 2 unspecified atom stereocenters. The second-order valence-electron chi connectivity index (χ2n) is 10.2. The molecule has 1 aliphatic carbocycles. The van der Waals surface area contributed by atoms with Crippen LogP contribution in [-0.4, -0.2) is 34.4 Å². The Morgan fingerprint density at radius 2 is 1.84 bits per heavy atom. The number of hydrogen-bond donors (Lipinski definition) is 2. The standard InChI is InChI=1S/C25H40N2O2S2/c1-5-6-7-8-12-15-27(23(31)29-21-13-10-9-11-14-21)19-25(4)17-20(26-22(28)30)16-24(2,3)18-25/h9-11,13-14,20H,5-8,12,15-19H2,1-4H3,(H2,26,28,30). The third kappa shape index (κ3) is 9.40. The SMILES string of the molecule is CCCCCCCN(CC1(C)CC(NC(=O)S)CC(C)(C)C1)C(=S)Oc1ccccc1. The number of ether oxygens (including phenoxy) is 1. The summed E-state index contributed by atoms with van der Waals surface area (Å²) in [5.74, 6) is 0.776. The Bertz CT molecular complexity index is 711. The van der Waals surface area contributed by atoms with Crippen molar-refractivity contribution in [3.05, 3.63) is 30.3 Å². The largest absolute Gasteiger partial charge is 0.432 e. The first-order valence-electron chi connectivity index (χ1n) is 11.6. The normalized spacial score (nSPS) is 22.5. The zero-order valence-corrected chi connectivity index (χ0v) is 21.4. The van der Waals surface area contributed by atoms with Gasteiger partial charge >= 0.3 is 0 Å². The lowest BCUT2D eigenvalue weighted by atomic mass is 9.62. The topological polar surface area (TPSA) is 41.6 Å². The first-order valence-corrected chi connectivity index (χ1v) is 12.5. The Labute approximate surface area is 199 Å². The molecule has 2 rings (SSSR count). The maximum atomic E-state index is 11.6. The summed E-state index contributed by atoms with van der Waals surface area (Å²) in [6.07, 6.45) is 9.07. The van der Waals surface area contributed by atoms with Crippen LogP contribution >= 0.6 is 24.8 Å². The van der Waals surface area contributed by atoms with Crippen molar-refractivity contribution < 1.29 is 9.53 Å². The van der Waals surface area contributed by atoms with Gasteiger partial charge in [-0.05, 0) is 60.9 Å². The Kier molecular flexibility index (Phi) is 10.1. The minimum atomic E-state index is -0.249. The predicted octanol–water partition coefficient (Wildman–Crippen LogP) is 6.85. The quantitative estimate of drug-likeness (QED) is 0.226. The molecule has 0 spiro atoms.